The first kappa shape index (κ1) is 16.4. The lowest BCUT2D eigenvalue weighted by molar-refractivity contribution is -0.130. The van der Waals surface area contributed by atoms with Gasteiger partial charge in [-0.1, -0.05) is 19.3 Å². The molecule has 5 heteroatoms. The quantitative estimate of drug-likeness (QED) is 0.731. The molecule has 2 N–H and O–H groups in total. The van der Waals surface area contributed by atoms with Crippen molar-refractivity contribution in [2.24, 2.45) is 0 Å². The number of ether oxygens (including phenoxy) is 1. The first-order chi connectivity index (χ1) is 9.29. The lowest BCUT2D eigenvalue weighted by Crippen LogP contribution is -2.37. The Morgan fingerprint density at radius 3 is 2.16 bits per heavy atom. The summed E-state index contributed by atoms with van der Waals surface area (Å²) in [6, 6.07) is 0.605. The van der Waals surface area contributed by atoms with Crippen LogP contribution in [0.4, 0.5) is 0 Å². The van der Waals surface area contributed by atoms with Gasteiger partial charge >= 0.3 is 0 Å². The highest BCUT2D eigenvalue weighted by Crippen LogP contribution is 2.25. The zero-order chi connectivity index (χ0) is 13.9. The summed E-state index contributed by atoms with van der Waals surface area (Å²) in [5.41, 5.74) is 0. The number of carbonyl (C=O) groups excluding carboxylic acids is 1. The van der Waals surface area contributed by atoms with Crippen LogP contribution in [0.5, 0.6) is 0 Å². The molecule has 19 heavy (non-hydrogen) atoms. The Labute approximate surface area is 115 Å². The second kappa shape index (κ2) is 10.2. The summed E-state index contributed by atoms with van der Waals surface area (Å²) in [7, 11) is 0. The Kier molecular flexibility index (Phi) is 8.79. The molecule has 0 aromatic rings. The Balaban J connectivity index is 0.000000224. The van der Waals surface area contributed by atoms with Crippen LogP contribution < -0.4 is 0 Å². The summed E-state index contributed by atoms with van der Waals surface area (Å²) in [4.78, 5) is 13.5. The third kappa shape index (κ3) is 6.36. The molecule has 1 aliphatic heterocycles. The van der Waals surface area contributed by atoms with E-state index in [2.05, 4.69) is 9.64 Å². The van der Waals surface area contributed by atoms with Crippen molar-refractivity contribution in [3.8, 4) is 0 Å². The van der Waals surface area contributed by atoms with Gasteiger partial charge in [0.2, 0.25) is 5.91 Å². The second-order valence-corrected chi connectivity index (χ2v) is 5.04. The molecule has 0 aromatic carbocycles. The van der Waals surface area contributed by atoms with Gasteiger partial charge < -0.3 is 19.8 Å². The van der Waals surface area contributed by atoms with Gasteiger partial charge in [-0.25, -0.2) is 0 Å². The van der Waals surface area contributed by atoms with Crippen molar-refractivity contribution in [2.45, 2.75) is 51.0 Å². The highest BCUT2D eigenvalue weighted by atomic mass is 16.5. The molecule has 0 atom stereocenters. The molecule has 1 aliphatic carbocycles. The van der Waals surface area contributed by atoms with Crippen LogP contribution in [0, 0.1) is 0 Å². The van der Waals surface area contributed by atoms with Gasteiger partial charge in [0.25, 0.3) is 0 Å². The van der Waals surface area contributed by atoms with E-state index in [-0.39, 0.29) is 13.2 Å². The molecule has 5 nitrogen and oxygen atoms in total. The molecule has 0 aromatic heterocycles. The molecule has 1 heterocycles. The minimum absolute atomic E-state index is 0.0278. The predicted octanol–water partition coefficient (Wildman–Crippen LogP) is 0.929. The van der Waals surface area contributed by atoms with Gasteiger partial charge in [-0.15, -0.1) is 0 Å². The lowest BCUT2D eigenvalue weighted by Gasteiger charge is -2.30. The maximum atomic E-state index is 11.4. The predicted molar refractivity (Wildman–Crippen MR) is 72.8 cm³/mol. The minimum Gasteiger partial charge on any atom is -0.394 e. The van der Waals surface area contributed by atoms with E-state index in [0.717, 1.165) is 19.4 Å². The zero-order valence-corrected chi connectivity index (χ0v) is 11.7. The van der Waals surface area contributed by atoms with Crippen LogP contribution >= 0.6 is 0 Å². The summed E-state index contributed by atoms with van der Waals surface area (Å²) >= 11 is 0. The number of aliphatic hydroxyl groups excluding tert-OH is 2. The minimum atomic E-state index is 0.0278. The van der Waals surface area contributed by atoms with Crippen molar-refractivity contribution >= 4 is 5.91 Å². The van der Waals surface area contributed by atoms with Crippen LogP contribution in [0.1, 0.15) is 44.9 Å². The summed E-state index contributed by atoms with van der Waals surface area (Å²) in [6.45, 7) is 1.73. The Morgan fingerprint density at radius 2 is 1.68 bits per heavy atom. The summed E-state index contributed by atoms with van der Waals surface area (Å²) in [5, 5.41) is 16.2. The average molecular weight is 273 g/mol. The molecule has 2 fully saturated rings. The van der Waals surface area contributed by atoms with E-state index in [1.165, 1.54) is 32.1 Å². The largest absolute Gasteiger partial charge is 0.394 e. The van der Waals surface area contributed by atoms with Crippen LogP contribution in [0.25, 0.3) is 0 Å². The van der Waals surface area contributed by atoms with Gasteiger partial charge in [-0.3, -0.25) is 4.79 Å². The zero-order valence-electron chi connectivity index (χ0n) is 11.7. The SMILES string of the molecule is O=C1CCCN1C1CCCCC1.OCCOCCO. The standard InChI is InChI=1S/C10H17NO.C4H10O3/c12-10-7-4-8-11(10)9-5-2-1-3-6-9;5-1-3-7-4-2-6/h9H,1-8H2;5-6H,1-4H2. The van der Waals surface area contributed by atoms with Gasteiger partial charge in [-0.2, -0.15) is 0 Å². The Hall–Kier alpha value is -0.650. The van der Waals surface area contributed by atoms with Crippen LogP contribution in [-0.4, -0.2) is 60.0 Å². The third-order valence-electron chi connectivity index (χ3n) is 3.60. The number of nitrogens with zero attached hydrogens (tertiary/aromatic N) is 1. The fourth-order valence-electron chi connectivity index (χ4n) is 2.68. The van der Waals surface area contributed by atoms with Gasteiger partial charge in [-0.05, 0) is 19.3 Å². The summed E-state index contributed by atoms with van der Waals surface area (Å²) in [5.74, 6) is 0.405. The molecule has 0 spiro atoms. The van der Waals surface area contributed by atoms with Crippen LogP contribution in [-0.2, 0) is 9.53 Å². The van der Waals surface area contributed by atoms with Crippen LogP contribution in [0.2, 0.25) is 0 Å². The molecule has 0 radical (unpaired) electrons. The molecule has 2 rings (SSSR count). The maximum Gasteiger partial charge on any atom is 0.222 e. The highest BCUT2D eigenvalue weighted by Gasteiger charge is 2.28. The Morgan fingerprint density at radius 1 is 1.05 bits per heavy atom. The van der Waals surface area contributed by atoms with E-state index < -0.39 is 0 Å². The first-order valence-corrected chi connectivity index (χ1v) is 7.38. The number of amides is 1. The monoisotopic (exact) mass is 273 g/mol. The van der Waals surface area contributed by atoms with Gasteiger partial charge in [0.1, 0.15) is 0 Å². The van der Waals surface area contributed by atoms with E-state index >= 15 is 0 Å². The summed E-state index contributed by atoms with van der Waals surface area (Å²) < 4.78 is 4.63. The molecule has 112 valence electrons. The van der Waals surface area contributed by atoms with E-state index in [9.17, 15) is 4.79 Å². The van der Waals surface area contributed by atoms with Crippen molar-refractivity contribution in [3.05, 3.63) is 0 Å². The third-order valence-corrected chi connectivity index (χ3v) is 3.60. The van der Waals surface area contributed by atoms with Gasteiger partial charge in [0.05, 0.1) is 26.4 Å². The number of rotatable bonds is 5. The Bertz CT molecular complexity index is 238. The van der Waals surface area contributed by atoms with Crippen molar-refractivity contribution in [1.29, 1.82) is 0 Å². The van der Waals surface area contributed by atoms with Crippen molar-refractivity contribution in [2.75, 3.05) is 33.0 Å². The van der Waals surface area contributed by atoms with Crippen molar-refractivity contribution in [1.82, 2.24) is 4.90 Å². The molecule has 0 unspecified atom stereocenters. The smallest absolute Gasteiger partial charge is 0.222 e. The van der Waals surface area contributed by atoms with Crippen molar-refractivity contribution in [3.63, 3.8) is 0 Å². The fraction of sp³-hybridized carbons (Fsp3) is 0.929. The molecule has 1 amide bonds. The highest BCUT2D eigenvalue weighted by molar-refractivity contribution is 5.78. The van der Waals surface area contributed by atoms with E-state index in [1.807, 2.05) is 0 Å². The number of hydrogen-bond donors (Lipinski definition) is 2. The molecule has 2 aliphatic rings. The molecular formula is C14H27NO4. The topological polar surface area (TPSA) is 70.0 Å². The normalized spacial score (nSPS) is 20.3. The number of likely N-dealkylation sites (tertiary alicyclic amines) is 1. The number of hydrogen-bond acceptors (Lipinski definition) is 4. The molecule has 0 bridgehead atoms. The molecule has 1 saturated carbocycles. The van der Waals surface area contributed by atoms with Gasteiger partial charge in [0, 0.05) is 19.0 Å². The molecular weight excluding hydrogens is 246 g/mol. The first-order valence-electron chi connectivity index (χ1n) is 7.38. The van der Waals surface area contributed by atoms with Crippen molar-refractivity contribution < 1.29 is 19.7 Å². The number of carbonyl (C=O) groups is 1. The summed E-state index contributed by atoms with van der Waals surface area (Å²) in [6.07, 6.45) is 8.44. The van der Waals surface area contributed by atoms with Gasteiger partial charge in [0.15, 0.2) is 0 Å². The van der Waals surface area contributed by atoms with Crippen LogP contribution in [0.3, 0.4) is 0 Å². The van der Waals surface area contributed by atoms with E-state index in [0.29, 0.717) is 25.2 Å². The lowest BCUT2D eigenvalue weighted by atomic mass is 9.94. The second-order valence-electron chi connectivity index (χ2n) is 5.04. The van der Waals surface area contributed by atoms with E-state index in [4.69, 9.17) is 10.2 Å². The average Bonchev–Trinajstić information content (AvgIpc) is 2.87. The number of aliphatic hydroxyl groups is 2. The maximum absolute atomic E-state index is 11.4. The molecule has 1 saturated heterocycles. The van der Waals surface area contributed by atoms with Crippen LogP contribution in [0.15, 0.2) is 0 Å². The fourth-order valence-corrected chi connectivity index (χ4v) is 2.68. The van der Waals surface area contributed by atoms with E-state index in [1.54, 1.807) is 0 Å².